The Morgan fingerprint density at radius 3 is 2.57 bits per heavy atom. The molecule has 0 aromatic carbocycles. The van der Waals surface area contributed by atoms with Crippen molar-refractivity contribution in [1.82, 2.24) is 5.32 Å². The lowest BCUT2D eigenvalue weighted by Crippen LogP contribution is -2.53. The van der Waals surface area contributed by atoms with Crippen LogP contribution in [0.2, 0.25) is 0 Å². The molecule has 0 aromatic heterocycles. The van der Waals surface area contributed by atoms with E-state index in [0.29, 0.717) is 23.2 Å². The van der Waals surface area contributed by atoms with Crippen molar-refractivity contribution in [3.63, 3.8) is 0 Å². The van der Waals surface area contributed by atoms with Crippen LogP contribution in [-0.2, 0) is 4.79 Å². The van der Waals surface area contributed by atoms with Crippen molar-refractivity contribution < 1.29 is 9.28 Å². The quantitative estimate of drug-likeness (QED) is 0.197. The van der Waals surface area contributed by atoms with Gasteiger partial charge in [0.05, 0.1) is 27.2 Å². The summed E-state index contributed by atoms with van der Waals surface area (Å²) in [6.07, 6.45) is 19.6. The number of nitrogens with one attached hydrogen (secondary N) is 1. The van der Waals surface area contributed by atoms with Crippen LogP contribution in [0.5, 0.6) is 0 Å². The van der Waals surface area contributed by atoms with Gasteiger partial charge in [0.1, 0.15) is 0 Å². The number of rotatable bonds is 10. The van der Waals surface area contributed by atoms with Crippen molar-refractivity contribution in [1.29, 1.82) is 0 Å². The zero-order valence-corrected chi connectivity index (χ0v) is 23.9. The summed E-state index contributed by atoms with van der Waals surface area (Å²) in [6, 6.07) is 0. The molecular formula is C32H57N2O+. The number of hydrogen-bond donors (Lipinski definition) is 1. The molecule has 4 rings (SSSR count). The van der Waals surface area contributed by atoms with E-state index in [4.69, 9.17) is 0 Å². The molecule has 3 heteroatoms. The molecule has 0 heterocycles. The average molecular weight is 486 g/mol. The van der Waals surface area contributed by atoms with E-state index in [1.807, 2.05) is 6.08 Å². The Morgan fingerprint density at radius 1 is 1.03 bits per heavy atom. The van der Waals surface area contributed by atoms with Crippen molar-refractivity contribution in [2.24, 2.45) is 46.3 Å². The Morgan fingerprint density at radius 2 is 1.80 bits per heavy atom. The van der Waals surface area contributed by atoms with Gasteiger partial charge in [-0.15, -0.1) is 0 Å². The third kappa shape index (κ3) is 5.55. The third-order valence-electron chi connectivity index (χ3n) is 12.1. The van der Waals surface area contributed by atoms with E-state index >= 15 is 0 Å². The summed E-state index contributed by atoms with van der Waals surface area (Å²) in [5, 5.41) is 3.20. The van der Waals surface area contributed by atoms with Crippen molar-refractivity contribution in [3.05, 3.63) is 12.7 Å². The summed E-state index contributed by atoms with van der Waals surface area (Å²) in [4.78, 5) is 12.6. The molecule has 4 unspecified atom stereocenters. The van der Waals surface area contributed by atoms with Crippen LogP contribution in [0.4, 0.5) is 0 Å². The fourth-order valence-corrected chi connectivity index (χ4v) is 10.1. The molecule has 200 valence electrons. The van der Waals surface area contributed by atoms with Crippen LogP contribution in [0.3, 0.4) is 0 Å². The minimum Gasteiger partial charge on any atom is -0.356 e. The maximum absolute atomic E-state index is 12.6. The number of amides is 1. The summed E-state index contributed by atoms with van der Waals surface area (Å²) >= 11 is 0. The average Bonchev–Trinajstić information content (AvgIpc) is 3.17. The molecule has 0 bridgehead atoms. The molecule has 0 aliphatic heterocycles. The Balaban J connectivity index is 1.26. The first kappa shape index (κ1) is 27.2. The largest absolute Gasteiger partial charge is 0.356 e. The molecule has 0 saturated heterocycles. The van der Waals surface area contributed by atoms with Crippen molar-refractivity contribution in [2.75, 3.05) is 33.7 Å². The molecule has 0 aromatic rings. The van der Waals surface area contributed by atoms with E-state index in [1.54, 1.807) is 0 Å². The lowest BCUT2D eigenvalue weighted by molar-refractivity contribution is -0.884. The van der Waals surface area contributed by atoms with Gasteiger partial charge in [0.15, 0.2) is 0 Å². The Kier molecular flexibility index (Phi) is 8.46. The molecule has 0 spiro atoms. The predicted octanol–water partition coefficient (Wildman–Crippen LogP) is 7.22. The molecule has 4 fully saturated rings. The second-order valence-electron chi connectivity index (χ2n) is 14.5. The fraction of sp³-hybridized carbons (Fsp3) is 0.906. The lowest BCUT2D eigenvalue weighted by Gasteiger charge is -2.61. The molecule has 1 amide bonds. The van der Waals surface area contributed by atoms with Gasteiger partial charge in [-0.1, -0.05) is 40.2 Å². The highest BCUT2D eigenvalue weighted by molar-refractivity contribution is 5.75. The first-order valence-electron chi connectivity index (χ1n) is 15.3. The lowest BCUT2D eigenvalue weighted by atomic mass is 9.44. The van der Waals surface area contributed by atoms with Crippen LogP contribution in [-0.4, -0.2) is 44.1 Å². The van der Waals surface area contributed by atoms with Crippen molar-refractivity contribution in [3.8, 4) is 0 Å². The Hall–Kier alpha value is -0.830. The number of likely N-dealkylation sites (N-methyl/N-ethyl adjacent to an activating group) is 1. The van der Waals surface area contributed by atoms with E-state index in [9.17, 15) is 4.79 Å². The normalized spacial score (nSPS) is 39.7. The van der Waals surface area contributed by atoms with Gasteiger partial charge in [-0.25, -0.2) is 0 Å². The van der Waals surface area contributed by atoms with Gasteiger partial charge in [0.25, 0.3) is 0 Å². The van der Waals surface area contributed by atoms with Gasteiger partial charge < -0.3 is 9.80 Å². The second kappa shape index (κ2) is 10.9. The minimum absolute atomic E-state index is 0.262. The van der Waals surface area contributed by atoms with Gasteiger partial charge in [-0.2, -0.15) is 0 Å². The van der Waals surface area contributed by atoms with Gasteiger partial charge in [-0.05, 0) is 110 Å². The SMILES string of the molecule is C=CC[N+](C)(C)CCCNC(=O)CC[C@@H](C)[C@H]1CCC2C3CCC4CCCC[C@]4(C)C3CC[C@@]21C. The highest BCUT2D eigenvalue weighted by atomic mass is 16.1. The smallest absolute Gasteiger partial charge is 0.220 e. The Labute approximate surface area is 217 Å². The summed E-state index contributed by atoms with van der Waals surface area (Å²) < 4.78 is 0.944. The number of carbonyl (C=O) groups is 1. The Bertz CT molecular complexity index is 746. The van der Waals surface area contributed by atoms with E-state index in [1.165, 1.54) is 64.2 Å². The number of fused-ring (bicyclic) bond motifs is 5. The van der Waals surface area contributed by atoms with Gasteiger partial charge in [-0.3, -0.25) is 4.79 Å². The van der Waals surface area contributed by atoms with Crippen molar-refractivity contribution >= 4 is 5.91 Å². The van der Waals surface area contributed by atoms with E-state index in [0.717, 1.165) is 66.5 Å². The number of hydrogen-bond acceptors (Lipinski definition) is 1. The van der Waals surface area contributed by atoms with Crippen molar-refractivity contribution in [2.45, 2.75) is 104 Å². The molecule has 8 atom stereocenters. The monoisotopic (exact) mass is 485 g/mol. The molecule has 1 N–H and O–H groups in total. The maximum Gasteiger partial charge on any atom is 0.220 e. The summed E-state index contributed by atoms with van der Waals surface area (Å²) in [5.74, 6) is 5.68. The molecule has 4 aliphatic carbocycles. The molecule has 4 aliphatic rings. The van der Waals surface area contributed by atoms with E-state index < -0.39 is 0 Å². The fourth-order valence-electron chi connectivity index (χ4n) is 10.1. The molecule has 3 nitrogen and oxygen atoms in total. The summed E-state index contributed by atoms with van der Waals surface area (Å²) in [7, 11) is 4.46. The van der Waals surface area contributed by atoms with E-state index in [-0.39, 0.29) is 5.91 Å². The molecule has 35 heavy (non-hydrogen) atoms. The molecule has 0 radical (unpaired) electrons. The zero-order chi connectivity index (χ0) is 25.3. The number of carbonyl (C=O) groups excluding carboxylic acids is 1. The molecule has 4 saturated carbocycles. The van der Waals surface area contributed by atoms with Crippen LogP contribution < -0.4 is 5.32 Å². The highest BCUT2D eigenvalue weighted by Crippen LogP contribution is 2.68. The minimum atomic E-state index is 0.262. The molecular weight excluding hydrogens is 428 g/mol. The maximum atomic E-state index is 12.6. The van der Waals surface area contributed by atoms with Crippen LogP contribution in [0, 0.1) is 46.3 Å². The van der Waals surface area contributed by atoms with Crippen LogP contribution in [0.25, 0.3) is 0 Å². The van der Waals surface area contributed by atoms with Crippen LogP contribution in [0.15, 0.2) is 12.7 Å². The first-order chi connectivity index (χ1) is 16.6. The number of nitrogens with zero attached hydrogens (tertiary/aromatic N) is 1. The van der Waals surface area contributed by atoms with E-state index in [2.05, 4.69) is 46.8 Å². The summed E-state index contributed by atoms with van der Waals surface area (Å²) in [5.41, 5.74) is 1.16. The second-order valence-corrected chi connectivity index (χ2v) is 14.5. The standard InChI is InChI=1S/C32H56N2O/c1-7-22-34(5,6)23-10-21-33-30(35)17-12-24(2)27-15-16-28-26-14-13-25-11-8-9-19-31(25,3)29(26)18-20-32(27,28)4/h7,24-29H,1,8-23H2,2-6H3/p+1/t24-,25?,26?,27-,28?,29?,31+,32-/m1/s1. The van der Waals surface area contributed by atoms with Gasteiger partial charge in [0.2, 0.25) is 5.91 Å². The predicted molar refractivity (Wildman–Crippen MR) is 148 cm³/mol. The third-order valence-corrected chi connectivity index (χ3v) is 12.1. The highest BCUT2D eigenvalue weighted by Gasteiger charge is 2.60. The number of quaternary nitrogens is 1. The van der Waals surface area contributed by atoms with Crippen LogP contribution >= 0.6 is 0 Å². The van der Waals surface area contributed by atoms with Gasteiger partial charge in [0, 0.05) is 19.4 Å². The topological polar surface area (TPSA) is 29.1 Å². The zero-order valence-electron chi connectivity index (χ0n) is 23.9. The van der Waals surface area contributed by atoms with Crippen LogP contribution in [0.1, 0.15) is 104 Å². The summed E-state index contributed by atoms with van der Waals surface area (Å²) in [6.45, 7) is 14.5. The first-order valence-corrected chi connectivity index (χ1v) is 15.3. The van der Waals surface area contributed by atoms with Gasteiger partial charge >= 0.3 is 0 Å².